The van der Waals surface area contributed by atoms with Gasteiger partial charge in [-0.2, -0.15) is 0 Å². The molecule has 0 aliphatic carbocycles. The van der Waals surface area contributed by atoms with Crippen LogP contribution in [0.1, 0.15) is 5.56 Å². The van der Waals surface area contributed by atoms with Gasteiger partial charge >= 0.3 is 0 Å². The second kappa shape index (κ2) is 3.76. The zero-order valence-electron chi connectivity index (χ0n) is 8.81. The van der Waals surface area contributed by atoms with Gasteiger partial charge in [0, 0.05) is 15.6 Å². The molecule has 0 amide bonds. The molecule has 0 saturated heterocycles. The van der Waals surface area contributed by atoms with Gasteiger partial charge in [-0.1, -0.05) is 42.5 Å². The van der Waals surface area contributed by atoms with Crippen molar-refractivity contribution in [3.05, 3.63) is 66.4 Å². The lowest BCUT2D eigenvalue weighted by Crippen LogP contribution is -1.80. The third-order valence-electron chi connectivity index (χ3n) is 2.79. The van der Waals surface area contributed by atoms with Crippen LogP contribution < -0.4 is 0 Å². The van der Waals surface area contributed by atoms with E-state index >= 15 is 0 Å². The Hall–Kier alpha value is -1.60. The topological polar surface area (TPSA) is 0 Å². The van der Waals surface area contributed by atoms with E-state index in [9.17, 15) is 0 Å². The lowest BCUT2D eigenvalue weighted by molar-refractivity contribution is 1.60. The van der Waals surface area contributed by atoms with Gasteiger partial charge in [0.2, 0.25) is 0 Å². The number of benzene rings is 2. The summed E-state index contributed by atoms with van der Waals surface area (Å²) in [6.45, 7) is 4.09. The first-order valence-electron chi connectivity index (χ1n) is 5.24. The van der Waals surface area contributed by atoms with Gasteiger partial charge < -0.3 is 0 Å². The highest BCUT2D eigenvalue weighted by molar-refractivity contribution is 7.17. The number of hydrogen-bond donors (Lipinski definition) is 0. The second-order valence-electron chi connectivity index (χ2n) is 3.80. The molecular formula is C15H11S. The van der Waals surface area contributed by atoms with Crippen LogP contribution in [0.5, 0.6) is 0 Å². The third-order valence-corrected chi connectivity index (χ3v) is 3.75. The highest BCUT2D eigenvalue weighted by Gasteiger charge is 2.07. The molecule has 0 spiro atoms. The fourth-order valence-corrected chi connectivity index (χ4v) is 2.93. The van der Waals surface area contributed by atoms with Gasteiger partial charge in [0.05, 0.1) is 0 Å². The summed E-state index contributed by atoms with van der Waals surface area (Å²) >= 11 is 1.79. The van der Waals surface area contributed by atoms with Crippen LogP contribution in [0.25, 0.3) is 21.2 Å². The van der Waals surface area contributed by atoms with Crippen LogP contribution in [0.15, 0.2) is 53.9 Å². The Morgan fingerprint density at radius 1 is 0.812 bits per heavy atom. The van der Waals surface area contributed by atoms with Crippen molar-refractivity contribution in [1.29, 1.82) is 0 Å². The lowest BCUT2D eigenvalue weighted by Gasteiger charge is -2.03. The van der Waals surface area contributed by atoms with Gasteiger partial charge in [0.15, 0.2) is 0 Å². The maximum Gasteiger partial charge on any atom is 0.0349 e. The van der Waals surface area contributed by atoms with E-state index in [2.05, 4.69) is 54.8 Å². The van der Waals surface area contributed by atoms with Crippen LogP contribution >= 0.6 is 11.3 Å². The molecule has 2 aromatic carbocycles. The molecule has 77 valence electrons. The van der Waals surface area contributed by atoms with E-state index in [4.69, 9.17) is 0 Å². The third kappa shape index (κ3) is 1.44. The monoisotopic (exact) mass is 223 g/mol. The molecule has 0 aliphatic heterocycles. The molecule has 1 heterocycles. The van der Waals surface area contributed by atoms with Gasteiger partial charge in [-0.15, -0.1) is 11.3 Å². The average molecular weight is 223 g/mol. The number of thiophene rings is 1. The summed E-state index contributed by atoms with van der Waals surface area (Å²) in [5.74, 6) is 0. The highest BCUT2D eigenvalue weighted by Crippen LogP contribution is 2.35. The van der Waals surface area contributed by atoms with Crippen LogP contribution in [0.3, 0.4) is 0 Å². The Morgan fingerprint density at radius 2 is 1.56 bits per heavy atom. The smallest absolute Gasteiger partial charge is 0.0349 e. The molecule has 3 rings (SSSR count). The van der Waals surface area contributed by atoms with Crippen LogP contribution in [-0.4, -0.2) is 0 Å². The van der Waals surface area contributed by atoms with Crippen LogP contribution in [-0.2, 0) is 0 Å². The van der Waals surface area contributed by atoms with E-state index in [0.717, 1.165) is 5.56 Å². The maximum atomic E-state index is 4.09. The Balaban J connectivity index is 2.31. The van der Waals surface area contributed by atoms with Crippen molar-refractivity contribution >= 4 is 21.4 Å². The summed E-state index contributed by atoms with van der Waals surface area (Å²) in [5, 5.41) is 3.54. The second-order valence-corrected chi connectivity index (χ2v) is 4.71. The summed E-state index contributed by atoms with van der Waals surface area (Å²) in [5.41, 5.74) is 3.62. The van der Waals surface area contributed by atoms with Gasteiger partial charge in [0.1, 0.15) is 0 Å². The van der Waals surface area contributed by atoms with E-state index < -0.39 is 0 Å². The zero-order valence-corrected chi connectivity index (χ0v) is 9.63. The molecular weight excluding hydrogens is 212 g/mol. The van der Waals surface area contributed by atoms with E-state index in [1.165, 1.54) is 21.2 Å². The Bertz CT molecular complexity index is 634. The normalized spacial score (nSPS) is 10.8. The van der Waals surface area contributed by atoms with Crippen molar-refractivity contribution in [2.75, 3.05) is 0 Å². The summed E-state index contributed by atoms with van der Waals surface area (Å²) in [6, 6.07) is 16.8. The predicted molar refractivity (Wildman–Crippen MR) is 71.7 cm³/mol. The van der Waals surface area contributed by atoms with Crippen molar-refractivity contribution in [2.24, 2.45) is 0 Å². The summed E-state index contributed by atoms with van der Waals surface area (Å²) in [4.78, 5) is 0. The maximum absolute atomic E-state index is 4.09. The minimum absolute atomic E-state index is 1.09. The largest absolute Gasteiger partial charge is 0.143 e. The van der Waals surface area contributed by atoms with Crippen molar-refractivity contribution in [3.8, 4) is 11.1 Å². The molecule has 1 aromatic heterocycles. The number of fused-ring (bicyclic) bond motifs is 1. The van der Waals surface area contributed by atoms with Gasteiger partial charge in [-0.3, -0.25) is 0 Å². The number of rotatable bonds is 1. The lowest BCUT2D eigenvalue weighted by atomic mass is 10.0. The molecule has 0 bridgehead atoms. The highest BCUT2D eigenvalue weighted by atomic mass is 32.1. The number of hydrogen-bond acceptors (Lipinski definition) is 1. The fraction of sp³-hybridized carbons (Fsp3) is 0. The molecule has 1 heteroatoms. The Labute approximate surface area is 99.2 Å². The summed E-state index contributed by atoms with van der Waals surface area (Å²) in [7, 11) is 0. The van der Waals surface area contributed by atoms with Crippen molar-refractivity contribution < 1.29 is 0 Å². The molecule has 0 unspecified atom stereocenters. The van der Waals surface area contributed by atoms with E-state index in [0.29, 0.717) is 0 Å². The van der Waals surface area contributed by atoms with Crippen molar-refractivity contribution in [1.82, 2.24) is 0 Å². The molecule has 0 atom stereocenters. The standard InChI is InChI=1S/C15H11S/c1-11-6-2-3-7-12(11)14-10-16-15-9-5-4-8-13(14)15/h2-10H,1H2. The van der Waals surface area contributed by atoms with E-state index in [1.54, 1.807) is 11.3 Å². The van der Waals surface area contributed by atoms with E-state index in [1.807, 2.05) is 6.07 Å². The fourth-order valence-electron chi connectivity index (χ4n) is 1.97. The summed E-state index contributed by atoms with van der Waals surface area (Å²) in [6.07, 6.45) is 0. The predicted octanol–water partition coefficient (Wildman–Crippen LogP) is 4.75. The minimum atomic E-state index is 1.09. The average Bonchev–Trinajstić information content (AvgIpc) is 2.74. The van der Waals surface area contributed by atoms with Gasteiger partial charge in [-0.25, -0.2) is 0 Å². The van der Waals surface area contributed by atoms with Gasteiger partial charge in [-0.05, 0) is 29.5 Å². The molecule has 0 saturated carbocycles. The first-order valence-corrected chi connectivity index (χ1v) is 6.12. The van der Waals surface area contributed by atoms with Crippen LogP contribution in [0.4, 0.5) is 0 Å². The van der Waals surface area contributed by atoms with Crippen LogP contribution in [0, 0.1) is 6.92 Å². The zero-order chi connectivity index (χ0) is 11.0. The Kier molecular flexibility index (Phi) is 2.26. The quantitative estimate of drug-likeness (QED) is 0.558. The molecule has 1 radical (unpaired) electrons. The SMILES string of the molecule is [CH2]c1ccccc1-c1csc2ccccc12. The molecule has 0 aliphatic rings. The molecule has 0 N–H and O–H groups in total. The molecule has 3 aromatic rings. The summed E-state index contributed by atoms with van der Waals surface area (Å²) < 4.78 is 1.33. The molecule has 0 fully saturated rings. The first kappa shape index (κ1) is 9.61. The van der Waals surface area contributed by atoms with Crippen molar-refractivity contribution in [3.63, 3.8) is 0 Å². The van der Waals surface area contributed by atoms with Gasteiger partial charge in [0.25, 0.3) is 0 Å². The Morgan fingerprint density at radius 3 is 2.44 bits per heavy atom. The molecule has 0 nitrogen and oxygen atoms in total. The van der Waals surface area contributed by atoms with Crippen molar-refractivity contribution in [2.45, 2.75) is 0 Å². The van der Waals surface area contributed by atoms with E-state index in [-0.39, 0.29) is 0 Å². The minimum Gasteiger partial charge on any atom is -0.143 e. The van der Waals surface area contributed by atoms with Crippen LogP contribution in [0.2, 0.25) is 0 Å². The first-order chi connectivity index (χ1) is 7.86. The molecule has 16 heavy (non-hydrogen) atoms.